The topological polar surface area (TPSA) is 80.3 Å². The van der Waals surface area contributed by atoms with E-state index in [2.05, 4.69) is 15.6 Å². The highest BCUT2D eigenvalue weighted by Gasteiger charge is 2.33. The van der Waals surface area contributed by atoms with Crippen LogP contribution >= 0.6 is 0 Å². The summed E-state index contributed by atoms with van der Waals surface area (Å²) in [6.07, 6.45) is 1.69. The molecule has 4 rings (SSSR count). The van der Waals surface area contributed by atoms with Crippen molar-refractivity contribution >= 4 is 22.9 Å². The second-order valence-electron chi connectivity index (χ2n) is 6.55. The molecule has 1 unspecified atom stereocenters. The Morgan fingerprint density at radius 3 is 2.68 bits per heavy atom. The van der Waals surface area contributed by atoms with E-state index >= 15 is 0 Å². The molecule has 140 valence electrons. The number of rotatable bonds is 4. The van der Waals surface area contributed by atoms with Crippen molar-refractivity contribution in [3.63, 3.8) is 0 Å². The summed E-state index contributed by atoms with van der Waals surface area (Å²) >= 11 is 0. The predicted octanol–water partition coefficient (Wildman–Crippen LogP) is 3.61. The van der Waals surface area contributed by atoms with E-state index in [4.69, 9.17) is 4.74 Å². The van der Waals surface area contributed by atoms with Gasteiger partial charge in [-0.3, -0.25) is 4.98 Å². The van der Waals surface area contributed by atoms with E-state index in [-0.39, 0.29) is 12.6 Å². The van der Waals surface area contributed by atoms with Gasteiger partial charge >= 0.3 is 12.0 Å². The van der Waals surface area contributed by atoms with Crippen molar-refractivity contribution in [3.05, 3.63) is 89.3 Å². The number of esters is 1. The Labute approximate surface area is 162 Å². The third kappa shape index (κ3) is 3.44. The third-order valence-electron chi connectivity index (χ3n) is 4.68. The summed E-state index contributed by atoms with van der Waals surface area (Å²) in [5, 5.41) is 6.43. The third-order valence-corrected chi connectivity index (χ3v) is 4.68. The van der Waals surface area contributed by atoms with Gasteiger partial charge in [0.2, 0.25) is 0 Å². The van der Waals surface area contributed by atoms with Crippen LogP contribution in [0.3, 0.4) is 0 Å². The Morgan fingerprint density at radius 1 is 1.07 bits per heavy atom. The molecule has 2 amide bonds. The first-order valence-corrected chi connectivity index (χ1v) is 8.96. The van der Waals surface area contributed by atoms with Crippen molar-refractivity contribution in [1.29, 1.82) is 0 Å². The van der Waals surface area contributed by atoms with E-state index < -0.39 is 12.0 Å². The molecule has 2 N–H and O–H groups in total. The molecule has 0 spiro atoms. The number of hydrogen-bond acceptors (Lipinski definition) is 4. The number of aromatic nitrogens is 1. The summed E-state index contributed by atoms with van der Waals surface area (Å²) in [4.78, 5) is 29.5. The van der Waals surface area contributed by atoms with Crippen LogP contribution < -0.4 is 10.6 Å². The SMILES string of the molecule is CC1=C(C(=O)OCc2ccccc2)C(c2cccc3cccnc23)NC(=O)N1. The monoisotopic (exact) mass is 373 g/mol. The lowest BCUT2D eigenvalue weighted by molar-refractivity contribution is -0.140. The number of hydrogen-bond donors (Lipinski definition) is 2. The number of carbonyl (C=O) groups is 2. The standard InChI is InChI=1S/C22H19N3O3/c1-14-18(21(26)28-13-15-7-3-2-4-8-15)20(25-22(27)24-14)17-11-5-9-16-10-6-12-23-19(16)17/h2-12,20H,13H2,1H3,(H2,24,25,27). The van der Waals surface area contributed by atoms with E-state index in [1.165, 1.54) is 0 Å². The van der Waals surface area contributed by atoms with Crippen LogP contribution in [0.15, 0.2) is 78.1 Å². The molecule has 0 bridgehead atoms. The van der Waals surface area contributed by atoms with Gasteiger partial charge in [0.15, 0.2) is 0 Å². The Bertz CT molecular complexity index is 1070. The summed E-state index contributed by atoms with van der Waals surface area (Å²) in [6, 6.07) is 17.9. The quantitative estimate of drug-likeness (QED) is 0.685. The summed E-state index contributed by atoms with van der Waals surface area (Å²) in [5.74, 6) is -0.480. The Hall–Kier alpha value is -3.67. The fraction of sp³-hybridized carbons (Fsp3) is 0.136. The Kier molecular flexibility index (Phi) is 4.76. The van der Waals surface area contributed by atoms with Crippen molar-refractivity contribution in [1.82, 2.24) is 15.6 Å². The first-order chi connectivity index (χ1) is 13.6. The minimum absolute atomic E-state index is 0.158. The average Bonchev–Trinajstić information content (AvgIpc) is 2.72. The minimum atomic E-state index is -0.643. The van der Waals surface area contributed by atoms with Gasteiger partial charge in [-0.1, -0.05) is 54.6 Å². The average molecular weight is 373 g/mol. The molecule has 0 radical (unpaired) electrons. The highest BCUT2D eigenvalue weighted by Crippen LogP contribution is 2.31. The zero-order chi connectivity index (χ0) is 19.5. The molecular weight excluding hydrogens is 354 g/mol. The summed E-state index contributed by atoms with van der Waals surface area (Å²) in [6.45, 7) is 1.86. The van der Waals surface area contributed by atoms with Gasteiger partial charge in [0.25, 0.3) is 0 Å². The van der Waals surface area contributed by atoms with Crippen LogP contribution in [0.4, 0.5) is 4.79 Å². The van der Waals surface area contributed by atoms with Crippen molar-refractivity contribution in [2.75, 3.05) is 0 Å². The number of carbonyl (C=O) groups excluding carboxylic acids is 2. The van der Waals surface area contributed by atoms with Crippen molar-refractivity contribution < 1.29 is 14.3 Å². The molecule has 1 aromatic heterocycles. The number of urea groups is 1. The van der Waals surface area contributed by atoms with Gasteiger partial charge in [0.05, 0.1) is 17.1 Å². The van der Waals surface area contributed by atoms with Crippen LogP contribution in [0.25, 0.3) is 10.9 Å². The van der Waals surface area contributed by atoms with Gasteiger partial charge in [-0.15, -0.1) is 0 Å². The number of allylic oxidation sites excluding steroid dienone is 1. The fourth-order valence-corrected chi connectivity index (χ4v) is 3.36. The zero-order valence-electron chi connectivity index (χ0n) is 15.3. The van der Waals surface area contributed by atoms with Gasteiger partial charge in [-0.25, -0.2) is 9.59 Å². The summed E-state index contributed by atoms with van der Waals surface area (Å²) in [7, 11) is 0. The molecule has 0 saturated heterocycles. The summed E-state index contributed by atoms with van der Waals surface area (Å²) < 4.78 is 5.53. The van der Waals surface area contributed by atoms with Gasteiger partial charge < -0.3 is 15.4 Å². The number of fused-ring (bicyclic) bond motifs is 1. The van der Waals surface area contributed by atoms with Crippen LogP contribution in [0.1, 0.15) is 24.1 Å². The van der Waals surface area contributed by atoms with Crippen LogP contribution in [0.5, 0.6) is 0 Å². The molecule has 0 aliphatic carbocycles. The second-order valence-corrected chi connectivity index (χ2v) is 6.55. The normalized spacial score (nSPS) is 16.5. The van der Waals surface area contributed by atoms with Crippen molar-refractivity contribution in [2.24, 2.45) is 0 Å². The molecule has 1 aliphatic heterocycles. The molecule has 2 aromatic carbocycles. The molecular formula is C22H19N3O3. The number of benzene rings is 2. The maximum absolute atomic E-state index is 12.9. The number of pyridine rings is 1. The lowest BCUT2D eigenvalue weighted by Crippen LogP contribution is -2.45. The second kappa shape index (κ2) is 7.52. The van der Waals surface area contributed by atoms with E-state index in [1.807, 2.05) is 60.7 Å². The van der Waals surface area contributed by atoms with Crippen LogP contribution in [0, 0.1) is 0 Å². The van der Waals surface area contributed by atoms with Gasteiger partial charge in [0, 0.05) is 22.8 Å². The number of nitrogens with zero attached hydrogens (tertiary/aromatic N) is 1. The van der Waals surface area contributed by atoms with Gasteiger partial charge in [-0.05, 0) is 18.6 Å². The zero-order valence-corrected chi connectivity index (χ0v) is 15.3. The van der Waals surface area contributed by atoms with E-state index in [0.29, 0.717) is 11.3 Å². The molecule has 1 atom stereocenters. The predicted molar refractivity (Wildman–Crippen MR) is 105 cm³/mol. The largest absolute Gasteiger partial charge is 0.457 e. The van der Waals surface area contributed by atoms with E-state index in [0.717, 1.165) is 22.0 Å². The number of amides is 2. The minimum Gasteiger partial charge on any atom is -0.457 e. The number of para-hydroxylation sites is 1. The molecule has 6 heteroatoms. The summed E-state index contributed by atoms with van der Waals surface area (Å²) in [5.41, 5.74) is 3.22. The molecule has 6 nitrogen and oxygen atoms in total. The van der Waals surface area contributed by atoms with Crippen LogP contribution in [-0.4, -0.2) is 17.0 Å². The Balaban J connectivity index is 1.69. The molecule has 0 fully saturated rings. The number of ether oxygens (including phenoxy) is 1. The van der Waals surface area contributed by atoms with Gasteiger partial charge in [-0.2, -0.15) is 0 Å². The molecule has 1 aliphatic rings. The van der Waals surface area contributed by atoms with Crippen LogP contribution in [0.2, 0.25) is 0 Å². The van der Waals surface area contributed by atoms with Gasteiger partial charge in [0.1, 0.15) is 6.61 Å². The maximum atomic E-state index is 12.9. The van der Waals surface area contributed by atoms with Crippen molar-refractivity contribution in [2.45, 2.75) is 19.6 Å². The first-order valence-electron chi connectivity index (χ1n) is 8.96. The molecule has 3 aromatic rings. The Morgan fingerprint density at radius 2 is 1.86 bits per heavy atom. The highest BCUT2D eigenvalue weighted by atomic mass is 16.5. The lowest BCUT2D eigenvalue weighted by Gasteiger charge is -2.28. The maximum Gasteiger partial charge on any atom is 0.338 e. The van der Waals surface area contributed by atoms with E-state index in [1.54, 1.807) is 13.1 Å². The fourth-order valence-electron chi connectivity index (χ4n) is 3.36. The molecule has 28 heavy (non-hydrogen) atoms. The number of nitrogens with one attached hydrogen (secondary N) is 2. The van der Waals surface area contributed by atoms with E-state index in [9.17, 15) is 9.59 Å². The molecule has 2 heterocycles. The smallest absolute Gasteiger partial charge is 0.338 e. The van der Waals surface area contributed by atoms with Crippen LogP contribution in [-0.2, 0) is 16.1 Å². The molecule has 0 saturated carbocycles. The van der Waals surface area contributed by atoms with Crippen molar-refractivity contribution in [3.8, 4) is 0 Å². The lowest BCUT2D eigenvalue weighted by atomic mass is 9.93. The highest BCUT2D eigenvalue weighted by molar-refractivity contribution is 5.96. The first kappa shape index (κ1) is 17.7.